The topological polar surface area (TPSA) is 64.1 Å². The first-order valence-electron chi connectivity index (χ1n) is 6.91. The highest BCUT2D eigenvalue weighted by Gasteiger charge is 2.13. The number of amides is 1. The van der Waals surface area contributed by atoms with Crippen LogP contribution in [-0.2, 0) is 4.79 Å². The second-order valence-corrected chi connectivity index (χ2v) is 5.77. The summed E-state index contributed by atoms with van der Waals surface area (Å²) in [5.41, 5.74) is 0.259. The summed E-state index contributed by atoms with van der Waals surface area (Å²) >= 11 is 12.0. The van der Waals surface area contributed by atoms with E-state index < -0.39 is 24.1 Å². The molecular formula is C16H9Cl2F2N3O2. The summed E-state index contributed by atoms with van der Waals surface area (Å²) < 4.78 is 31.7. The van der Waals surface area contributed by atoms with E-state index in [0.717, 1.165) is 12.1 Å². The van der Waals surface area contributed by atoms with E-state index >= 15 is 0 Å². The lowest BCUT2D eigenvalue weighted by molar-refractivity contribution is -0.118. The Labute approximate surface area is 150 Å². The molecule has 0 saturated carbocycles. The molecule has 3 rings (SSSR count). The van der Waals surface area contributed by atoms with Crippen LogP contribution in [0.1, 0.15) is 0 Å². The molecule has 1 N–H and O–H groups in total. The fourth-order valence-electron chi connectivity index (χ4n) is 2.09. The standard InChI is InChI=1S/C16H9Cl2F2N3O2/c17-8-3-10-15(11(18)4-8)21-7-22-16(10)25-6-14(24)23-13-2-1-9(19)5-12(13)20/h1-5,7H,6H2,(H,23,24). The summed E-state index contributed by atoms with van der Waals surface area (Å²) in [7, 11) is 0. The van der Waals surface area contributed by atoms with E-state index in [0.29, 0.717) is 27.0 Å². The predicted molar refractivity (Wildman–Crippen MR) is 90.0 cm³/mol. The SMILES string of the molecule is O=C(COc1ncnc2c(Cl)cc(Cl)cc12)Nc1ccc(F)cc1F. The predicted octanol–water partition coefficient (Wildman–Crippen LogP) is 4.23. The van der Waals surface area contributed by atoms with Gasteiger partial charge in [0.2, 0.25) is 5.88 Å². The Hall–Kier alpha value is -2.51. The number of hydrogen-bond donors (Lipinski definition) is 1. The van der Waals surface area contributed by atoms with Crippen LogP contribution in [0, 0.1) is 11.6 Å². The number of carbonyl (C=O) groups excluding carboxylic acids is 1. The third kappa shape index (κ3) is 3.94. The summed E-state index contributed by atoms with van der Waals surface area (Å²) in [6.45, 7) is -0.451. The van der Waals surface area contributed by atoms with Gasteiger partial charge in [0.05, 0.1) is 21.6 Å². The van der Waals surface area contributed by atoms with Gasteiger partial charge in [-0.15, -0.1) is 0 Å². The fourth-order valence-corrected chi connectivity index (χ4v) is 2.64. The van der Waals surface area contributed by atoms with E-state index in [1.165, 1.54) is 12.4 Å². The highest BCUT2D eigenvalue weighted by molar-refractivity contribution is 6.38. The largest absolute Gasteiger partial charge is 0.467 e. The molecule has 25 heavy (non-hydrogen) atoms. The molecule has 1 heterocycles. The summed E-state index contributed by atoms with van der Waals surface area (Å²) in [5.74, 6) is -2.18. The van der Waals surface area contributed by atoms with Crippen LogP contribution in [0.3, 0.4) is 0 Å². The molecule has 0 saturated heterocycles. The number of anilines is 1. The zero-order valence-corrected chi connectivity index (χ0v) is 13.9. The second kappa shape index (κ2) is 7.16. The minimum atomic E-state index is -0.889. The molecule has 0 spiro atoms. The van der Waals surface area contributed by atoms with E-state index in [-0.39, 0.29) is 11.6 Å². The molecule has 128 valence electrons. The van der Waals surface area contributed by atoms with Gasteiger partial charge in [-0.05, 0) is 24.3 Å². The first kappa shape index (κ1) is 17.3. The molecule has 5 nitrogen and oxygen atoms in total. The van der Waals surface area contributed by atoms with Crippen LogP contribution in [0.4, 0.5) is 14.5 Å². The van der Waals surface area contributed by atoms with Crippen molar-refractivity contribution in [1.82, 2.24) is 9.97 Å². The highest BCUT2D eigenvalue weighted by atomic mass is 35.5. The molecule has 2 aromatic carbocycles. The lowest BCUT2D eigenvalue weighted by atomic mass is 10.2. The molecule has 0 radical (unpaired) electrons. The van der Waals surface area contributed by atoms with Gasteiger partial charge < -0.3 is 10.1 Å². The summed E-state index contributed by atoms with van der Waals surface area (Å²) in [6, 6.07) is 5.88. The van der Waals surface area contributed by atoms with Crippen molar-refractivity contribution in [2.45, 2.75) is 0 Å². The van der Waals surface area contributed by atoms with Gasteiger partial charge in [-0.2, -0.15) is 0 Å². The number of fused-ring (bicyclic) bond motifs is 1. The molecule has 1 amide bonds. The maximum absolute atomic E-state index is 13.5. The molecule has 0 aliphatic rings. The molecule has 0 aliphatic heterocycles. The second-order valence-electron chi connectivity index (χ2n) is 4.92. The van der Waals surface area contributed by atoms with Crippen molar-refractivity contribution in [3.05, 3.63) is 58.3 Å². The van der Waals surface area contributed by atoms with E-state index in [2.05, 4.69) is 15.3 Å². The Bertz CT molecular complexity index is 970. The maximum Gasteiger partial charge on any atom is 0.262 e. The van der Waals surface area contributed by atoms with Crippen LogP contribution in [0.25, 0.3) is 10.9 Å². The number of carbonyl (C=O) groups is 1. The lowest BCUT2D eigenvalue weighted by Crippen LogP contribution is -2.21. The zero-order chi connectivity index (χ0) is 18.0. The minimum Gasteiger partial charge on any atom is -0.467 e. The van der Waals surface area contributed by atoms with Crippen molar-refractivity contribution in [2.24, 2.45) is 0 Å². The normalized spacial score (nSPS) is 10.7. The van der Waals surface area contributed by atoms with Crippen molar-refractivity contribution >= 4 is 45.7 Å². The van der Waals surface area contributed by atoms with Crippen LogP contribution < -0.4 is 10.1 Å². The third-order valence-electron chi connectivity index (χ3n) is 3.17. The van der Waals surface area contributed by atoms with Gasteiger partial charge in [0.15, 0.2) is 6.61 Å². The number of benzene rings is 2. The molecule has 0 aliphatic carbocycles. The average molecular weight is 384 g/mol. The molecule has 0 unspecified atom stereocenters. The average Bonchev–Trinajstić information content (AvgIpc) is 2.55. The maximum atomic E-state index is 13.5. The Morgan fingerprint density at radius 2 is 1.96 bits per heavy atom. The van der Waals surface area contributed by atoms with Crippen molar-refractivity contribution < 1.29 is 18.3 Å². The smallest absolute Gasteiger partial charge is 0.262 e. The number of aromatic nitrogens is 2. The number of rotatable bonds is 4. The van der Waals surface area contributed by atoms with Gasteiger partial charge >= 0.3 is 0 Å². The minimum absolute atomic E-state index is 0.101. The summed E-state index contributed by atoms with van der Waals surface area (Å²) in [5, 5.41) is 3.38. The van der Waals surface area contributed by atoms with Gasteiger partial charge in [-0.25, -0.2) is 18.7 Å². The Balaban J connectivity index is 1.75. The monoisotopic (exact) mass is 383 g/mol. The number of hydrogen-bond acceptors (Lipinski definition) is 4. The quantitative estimate of drug-likeness (QED) is 0.731. The van der Waals surface area contributed by atoms with E-state index in [4.69, 9.17) is 27.9 Å². The van der Waals surface area contributed by atoms with Crippen LogP contribution in [0.2, 0.25) is 10.0 Å². The molecular weight excluding hydrogens is 375 g/mol. The molecule has 0 fully saturated rings. The van der Waals surface area contributed by atoms with Crippen molar-refractivity contribution in [1.29, 1.82) is 0 Å². The molecule has 0 bridgehead atoms. The Kier molecular flexibility index (Phi) is 4.96. The van der Waals surface area contributed by atoms with Gasteiger partial charge in [0.1, 0.15) is 18.0 Å². The molecule has 1 aromatic heterocycles. The van der Waals surface area contributed by atoms with Crippen LogP contribution in [-0.4, -0.2) is 22.5 Å². The zero-order valence-electron chi connectivity index (χ0n) is 12.4. The van der Waals surface area contributed by atoms with E-state index in [9.17, 15) is 13.6 Å². The van der Waals surface area contributed by atoms with Crippen LogP contribution in [0.5, 0.6) is 5.88 Å². The number of ether oxygens (including phenoxy) is 1. The number of nitrogens with one attached hydrogen (secondary N) is 1. The molecule has 0 atom stereocenters. The van der Waals surface area contributed by atoms with Gasteiger partial charge in [-0.3, -0.25) is 4.79 Å². The molecule has 9 heteroatoms. The first-order chi connectivity index (χ1) is 11.9. The summed E-state index contributed by atoms with van der Waals surface area (Å²) in [4.78, 5) is 19.9. The van der Waals surface area contributed by atoms with Crippen molar-refractivity contribution in [3.63, 3.8) is 0 Å². The lowest BCUT2D eigenvalue weighted by Gasteiger charge is -2.10. The highest BCUT2D eigenvalue weighted by Crippen LogP contribution is 2.30. The van der Waals surface area contributed by atoms with Crippen LogP contribution >= 0.6 is 23.2 Å². The summed E-state index contributed by atoms with van der Waals surface area (Å²) in [6.07, 6.45) is 1.23. The fraction of sp³-hybridized carbons (Fsp3) is 0.0625. The number of nitrogens with zero attached hydrogens (tertiary/aromatic N) is 2. The molecule has 3 aromatic rings. The van der Waals surface area contributed by atoms with Gasteiger partial charge in [0, 0.05) is 11.1 Å². The van der Waals surface area contributed by atoms with Crippen molar-refractivity contribution in [2.75, 3.05) is 11.9 Å². The number of halogens is 4. The van der Waals surface area contributed by atoms with Crippen LogP contribution in [0.15, 0.2) is 36.7 Å². The third-order valence-corrected chi connectivity index (χ3v) is 3.67. The van der Waals surface area contributed by atoms with E-state index in [1.807, 2.05) is 0 Å². The Morgan fingerprint density at radius 1 is 1.16 bits per heavy atom. The van der Waals surface area contributed by atoms with Crippen molar-refractivity contribution in [3.8, 4) is 5.88 Å². The van der Waals surface area contributed by atoms with Gasteiger partial charge in [-0.1, -0.05) is 23.2 Å². The van der Waals surface area contributed by atoms with Gasteiger partial charge in [0.25, 0.3) is 5.91 Å². The Morgan fingerprint density at radius 3 is 2.72 bits per heavy atom. The van der Waals surface area contributed by atoms with E-state index in [1.54, 1.807) is 6.07 Å². The first-order valence-corrected chi connectivity index (χ1v) is 7.67.